The molecule has 52 valence electrons. The van der Waals surface area contributed by atoms with Crippen molar-refractivity contribution in [3.05, 3.63) is 24.2 Å². The second-order valence-electron chi connectivity index (χ2n) is 1.64. The third kappa shape index (κ3) is 1.45. The van der Waals surface area contributed by atoms with Crippen molar-refractivity contribution in [1.29, 1.82) is 0 Å². The molecule has 0 atom stereocenters. The van der Waals surface area contributed by atoms with Gasteiger partial charge in [0.1, 0.15) is 5.70 Å². The standard InChI is InChI=1S/C6H6N2O2/c9-6(10)5-1-2-7-3-4-8-5/h1-4,8H,(H,9,10). The number of allylic oxidation sites excluding steroid dienone is 1. The Balaban J connectivity index is 2.78. The molecule has 0 aromatic heterocycles. The van der Waals surface area contributed by atoms with Gasteiger partial charge in [0, 0.05) is 18.6 Å². The number of nitrogens with one attached hydrogen (secondary N) is 1. The van der Waals surface area contributed by atoms with Crippen LogP contribution in [0, 0.1) is 0 Å². The zero-order valence-corrected chi connectivity index (χ0v) is 5.11. The third-order valence-electron chi connectivity index (χ3n) is 0.957. The molecule has 0 unspecified atom stereocenters. The van der Waals surface area contributed by atoms with Gasteiger partial charge in [0.05, 0.1) is 0 Å². The van der Waals surface area contributed by atoms with E-state index in [-0.39, 0.29) is 5.70 Å². The van der Waals surface area contributed by atoms with E-state index in [0.717, 1.165) is 0 Å². The van der Waals surface area contributed by atoms with Gasteiger partial charge < -0.3 is 10.4 Å². The third-order valence-corrected chi connectivity index (χ3v) is 0.957. The molecular formula is C6H6N2O2. The topological polar surface area (TPSA) is 61.7 Å². The molecule has 1 heterocycles. The first kappa shape index (κ1) is 6.54. The van der Waals surface area contributed by atoms with Crippen LogP contribution in [0.15, 0.2) is 29.2 Å². The maximum Gasteiger partial charge on any atom is 0.352 e. The van der Waals surface area contributed by atoms with E-state index in [1.165, 1.54) is 24.7 Å². The SMILES string of the molecule is O=C(O)C1=CC=NC=CN1. The van der Waals surface area contributed by atoms with E-state index in [9.17, 15) is 4.79 Å². The first-order valence-corrected chi connectivity index (χ1v) is 2.69. The molecule has 0 aliphatic carbocycles. The molecule has 1 aliphatic rings. The maximum atomic E-state index is 10.3. The molecule has 0 spiro atoms. The molecule has 4 nitrogen and oxygen atoms in total. The van der Waals surface area contributed by atoms with Crippen LogP contribution in [0.5, 0.6) is 0 Å². The molecule has 0 bridgehead atoms. The number of hydrogen-bond donors (Lipinski definition) is 2. The van der Waals surface area contributed by atoms with E-state index < -0.39 is 5.97 Å². The molecule has 0 saturated carbocycles. The molecule has 0 radical (unpaired) electrons. The molecule has 10 heavy (non-hydrogen) atoms. The lowest BCUT2D eigenvalue weighted by molar-refractivity contribution is -0.132. The first-order chi connectivity index (χ1) is 4.80. The molecule has 0 aromatic rings. The lowest BCUT2D eigenvalue weighted by atomic mass is 10.4. The lowest BCUT2D eigenvalue weighted by Gasteiger charge is -1.95. The summed E-state index contributed by atoms with van der Waals surface area (Å²) in [5, 5.41) is 11.0. The molecule has 2 N–H and O–H groups in total. The van der Waals surface area contributed by atoms with Crippen molar-refractivity contribution in [3.8, 4) is 0 Å². The predicted octanol–water partition coefficient (Wildman–Crippen LogP) is 0.100. The van der Waals surface area contributed by atoms with Gasteiger partial charge in [-0.3, -0.25) is 4.99 Å². The van der Waals surface area contributed by atoms with E-state index in [2.05, 4.69) is 10.3 Å². The fourth-order valence-corrected chi connectivity index (χ4v) is 0.518. The average Bonchev–Trinajstić information content (AvgIpc) is 2.12. The normalized spacial score (nSPS) is 15.4. The number of carbonyl (C=O) groups is 1. The van der Waals surface area contributed by atoms with Crippen molar-refractivity contribution in [1.82, 2.24) is 5.32 Å². The number of carboxylic acid groups (broad SMARTS) is 1. The van der Waals surface area contributed by atoms with Gasteiger partial charge in [-0.25, -0.2) is 4.79 Å². The van der Waals surface area contributed by atoms with E-state index in [0.29, 0.717) is 0 Å². The minimum Gasteiger partial charge on any atom is -0.477 e. The summed E-state index contributed by atoms with van der Waals surface area (Å²) in [6.07, 6.45) is 5.75. The van der Waals surface area contributed by atoms with Gasteiger partial charge in [-0.2, -0.15) is 0 Å². The molecule has 1 rings (SSSR count). The van der Waals surface area contributed by atoms with Gasteiger partial charge in [0.2, 0.25) is 0 Å². The first-order valence-electron chi connectivity index (χ1n) is 2.69. The number of rotatable bonds is 1. The number of aliphatic imine (C=N–C) groups is 1. The minimum absolute atomic E-state index is 0.123. The van der Waals surface area contributed by atoms with Gasteiger partial charge in [0.25, 0.3) is 0 Å². The summed E-state index contributed by atoms with van der Waals surface area (Å²) in [5.74, 6) is -0.988. The molecule has 0 aromatic carbocycles. The smallest absolute Gasteiger partial charge is 0.352 e. The quantitative estimate of drug-likeness (QED) is 0.540. The number of hydrogen-bond acceptors (Lipinski definition) is 3. The van der Waals surface area contributed by atoms with E-state index in [1.54, 1.807) is 0 Å². The van der Waals surface area contributed by atoms with Crippen molar-refractivity contribution in [2.75, 3.05) is 0 Å². The van der Waals surface area contributed by atoms with Crippen molar-refractivity contribution < 1.29 is 9.90 Å². The Morgan fingerprint density at radius 3 is 3.20 bits per heavy atom. The highest BCUT2D eigenvalue weighted by atomic mass is 16.4. The van der Waals surface area contributed by atoms with Crippen LogP contribution in [0.2, 0.25) is 0 Å². The molecular weight excluding hydrogens is 132 g/mol. The summed E-state index contributed by atoms with van der Waals surface area (Å²) < 4.78 is 0. The van der Waals surface area contributed by atoms with Gasteiger partial charge in [0.15, 0.2) is 0 Å². The van der Waals surface area contributed by atoms with Crippen LogP contribution in [-0.2, 0) is 4.79 Å². The Labute approximate surface area is 57.6 Å². The summed E-state index contributed by atoms with van der Waals surface area (Å²) >= 11 is 0. The zero-order chi connectivity index (χ0) is 7.40. The van der Waals surface area contributed by atoms with Crippen LogP contribution >= 0.6 is 0 Å². The van der Waals surface area contributed by atoms with Crippen molar-refractivity contribution in [2.45, 2.75) is 0 Å². The van der Waals surface area contributed by atoms with Crippen molar-refractivity contribution in [3.63, 3.8) is 0 Å². The molecule has 0 amide bonds. The molecule has 1 aliphatic heterocycles. The fourth-order valence-electron chi connectivity index (χ4n) is 0.518. The largest absolute Gasteiger partial charge is 0.477 e. The fraction of sp³-hybridized carbons (Fsp3) is 0. The minimum atomic E-state index is -0.988. The molecule has 4 heteroatoms. The Hall–Kier alpha value is -1.58. The highest BCUT2D eigenvalue weighted by Gasteiger charge is 2.02. The van der Waals surface area contributed by atoms with Gasteiger partial charge in [-0.1, -0.05) is 0 Å². The van der Waals surface area contributed by atoms with E-state index in [4.69, 9.17) is 5.11 Å². The number of aliphatic carboxylic acids is 1. The zero-order valence-electron chi connectivity index (χ0n) is 5.11. The van der Waals surface area contributed by atoms with Crippen LogP contribution in [-0.4, -0.2) is 17.3 Å². The Morgan fingerprint density at radius 2 is 2.50 bits per heavy atom. The second-order valence-corrected chi connectivity index (χ2v) is 1.64. The Bertz CT molecular complexity index is 228. The summed E-state index contributed by atoms with van der Waals surface area (Å²) in [6, 6.07) is 0. The van der Waals surface area contributed by atoms with Crippen LogP contribution in [0.1, 0.15) is 0 Å². The number of nitrogens with zero attached hydrogens (tertiary/aromatic N) is 1. The average molecular weight is 138 g/mol. The lowest BCUT2D eigenvalue weighted by Crippen LogP contribution is -2.13. The highest BCUT2D eigenvalue weighted by molar-refractivity contribution is 5.92. The van der Waals surface area contributed by atoms with E-state index >= 15 is 0 Å². The predicted molar refractivity (Wildman–Crippen MR) is 36.5 cm³/mol. The Morgan fingerprint density at radius 1 is 1.70 bits per heavy atom. The monoisotopic (exact) mass is 138 g/mol. The molecule has 0 saturated heterocycles. The van der Waals surface area contributed by atoms with Gasteiger partial charge >= 0.3 is 5.97 Å². The van der Waals surface area contributed by atoms with Crippen molar-refractivity contribution >= 4 is 12.2 Å². The maximum absolute atomic E-state index is 10.3. The van der Waals surface area contributed by atoms with Crippen LogP contribution in [0.3, 0.4) is 0 Å². The van der Waals surface area contributed by atoms with Gasteiger partial charge in [-0.05, 0) is 6.08 Å². The number of carboxylic acids is 1. The van der Waals surface area contributed by atoms with Crippen LogP contribution < -0.4 is 5.32 Å². The molecule has 0 fully saturated rings. The summed E-state index contributed by atoms with van der Waals surface area (Å²) in [4.78, 5) is 14.0. The van der Waals surface area contributed by atoms with Crippen molar-refractivity contribution in [2.24, 2.45) is 4.99 Å². The highest BCUT2D eigenvalue weighted by Crippen LogP contribution is 1.90. The summed E-state index contributed by atoms with van der Waals surface area (Å²) in [6.45, 7) is 0. The van der Waals surface area contributed by atoms with E-state index in [1.807, 2.05) is 0 Å². The summed E-state index contributed by atoms with van der Waals surface area (Å²) in [7, 11) is 0. The Kier molecular flexibility index (Phi) is 1.84. The second kappa shape index (κ2) is 2.82. The van der Waals surface area contributed by atoms with Gasteiger partial charge in [-0.15, -0.1) is 0 Å². The summed E-state index contributed by atoms with van der Waals surface area (Å²) in [5.41, 5.74) is 0.123. The van der Waals surface area contributed by atoms with Crippen LogP contribution in [0.4, 0.5) is 0 Å². The van der Waals surface area contributed by atoms with Crippen LogP contribution in [0.25, 0.3) is 0 Å².